The van der Waals surface area contributed by atoms with Crippen LogP contribution in [0, 0.1) is 0 Å². The number of carbonyl (C=O) groups is 1. The SMILES string of the molecule is O=C(N1CCN(Cc2ccc(Cl)cc2)CC1)n1nnc2ccccc21. The molecule has 2 heterocycles. The topological polar surface area (TPSA) is 54.3 Å². The van der Waals surface area contributed by atoms with Crippen LogP contribution in [0.3, 0.4) is 0 Å². The third-order valence-corrected chi connectivity index (χ3v) is 4.75. The van der Waals surface area contributed by atoms with Crippen LogP contribution in [0.4, 0.5) is 4.79 Å². The number of nitrogens with zero attached hydrogens (tertiary/aromatic N) is 5. The van der Waals surface area contributed by atoms with Crippen molar-refractivity contribution in [2.45, 2.75) is 6.54 Å². The molecule has 1 aromatic heterocycles. The Bertz CT molecular complexity index is 884. The molecule has 3 aromatic rings. The molecule has 1 fully saturated rings. The highest BCUT2D eigenvalue weighted by Gasteiger charge is 2.24. The van der Waals surface area contributed by atoms with Gasteiger partial charge in [0.15, 0.2) is 0 Å². The summed E-state index contributed by atoms with van der Waals surface area (Å²) in [5.74, 6) is 0. The highest BCUT2D eigenvalue weighted by atomic mass is 35.5. The van der Waals surface area contributed by atoms with Gasteiger partial charge in [-0.05, 0) is 29.8 Å². The fourth-order valence-electron chi connectivity index (χ4n) is 3.09. The average molecular weight is 356 g/mol. The maximum Gasteiger partial charge on any atom is 0.346 e. The zero-order chi connectivity index (χ0) is 17.2. The number of carbonyl (C=O) groups excluding carboxylic acids is 1. The van der Waals surface area contributed by atoms with Gasteiger partial charge in [-0.25, -0.2) is 4.79 Å². The van der Waals surface area contributed by atoms with Gasteiger partial charge in [-0.15, -0.1) is 5.10 Å². The minimum Gasteiger partial charge on any atom is -0.320 e. The van der Waals surface area contributed by atoms with Crippen LogP contribution in [0.15, 0.2) is 48.5 Å². The molecule has 0 bridgehead atoms. The zero-order valence-electron chi connectivity index (χ0n) is 13.7. The number of hydrogen-bond donors (Lipinski definition) is 0. The van der Waals surface area contributed by atoms with Crippen LogP contribution in [0.1, 0.15) is 5.56 Å². The molecule has 0 atom stereocenters. The van der Waals surface area contributed by atoms with E-state index in [1.54, 1.807) is 0 Å². The number of fused-ring (bicyclic) bond motifs is 1. The fourth-order valence-corrected chi connectivity index (χ4v) is 3.22. The summed E-state index contributed by atoms with van der Waals surface area (Å²) in [7, 11) is 0. The van der Waals surface area contributed by atoms with Gasteiger partial charge in [-0.2, -0.15) is 4.68 Å². The van der Waals surface area contributed by atoms with Crippen LogP contribution in [0.25, 0.3) is 11.0 Å². The van der Waals surface area contributed by atoms with Gasteiger partial charge in [-0.1, -0.05) is 41.1 Å². The standard InChI is InChI=1S/C18H18ClN5O/c19-15-7-5-14(6-8-15)13-22-9-11-23(12-10-22)18(25)24-17-4-2-1-3-16(17)20-21-24/h1-8H,9-13H2. The Labute approximate surface area is 150 Å². The molecule has 128 valence electrons. The van der Waals surface area contributed by atoms with E-state index in [1.807, 2.05) is 53.4 Å². The molecule has 2 aromatic carbocycles. The summed E-state index contributed by atoms with van der Waals surface area (Å²) >= 11 is 5.93. The molecule has 0 saturated carbocycles. The normalized spacial score (nSPS) is 15.6. The predicted octanol–water partition coefficient (Wildman–Crippen LogP) is 2.87. The number of amides is 1. The average Bonchev–Trinajstić information content (AvgIpc) is 3.08. The van der Waals surface area contributed by atoms with E-state index in [9.17, 15) is 4.79 Å². The van der Waals surface area contributed by atoms with Crippen molar-refractivity contribution in [2.75, 3.05) is 26.2 Å². The lowest BCUT2D eigenvalue weighted by atomic mass is 10.2. The molecule has 1 amide bonds. The number of halogens is 1. The molecular weight excluding hydrogens is 338 g/mol. The van der Waals surface area contributed by atoms with Crippen molar-refractivity contribution >= 4 is 28.7 Å². The van der Waals surface area contributed by atoms with Gasteiger partial charge < -0.3 is 4.90 Å². The third-order valence-electron chi connectivity index (χ3n) is 4.50. The van der Waals surface area contributed by atoms with Crippen LogP contribution in [-0.2, 0) is 6.54 Å². The van der Waals surface area contributed by atoms with E-state index >= 15 is 0 Å². The van der Waals surface area contributed by atoms with Crippen LogP contribution in [0.5, 0.6) is 0 Å². The second kappa shape index (κ2) is 6.82. The second-order valence-electron chi connectivity index (χ2n) is 6.16. The van der Waals surface area contributed by atoms with Crippen molar-refractivity contribution in [3.05, 3.63) is 59.1 Å². The van der Waals surface area contributed by atoms with E-state index < -0.39 is 0 Å². The van der Waals surface area contributed by atoms with E-state index in [0.29, 0.717) is 13.1 Å². The van der Waals surface area contributed by atoms with Crippen molar-refractivity contribution in [1.29, 1.82) is 0 Å². The molecule has 0 spiro atoms. The van der Waals surface area contributed by atoms with E-state index in [1.165, 1.54) is 10.2 Å². The van der Waals surface area contributed by atoms with Crippen LogP contribution >= 0.6 is 11.6 Å². The lowest BCUT2D eigenvalue weighted by Gasteiger charge is -2.34. The lowest BCUT2D eigenvalue weighted by Crippen LogP contribution is -2.49. The number of piperazine rings is 1. The molecule has 0 radical (unpaired) electrons. The smallest absolute Gasteiger partial charge is 0.320 e. The van der Waals surface area contributed by atoms with Crippen LogP contribution < -0.4 is 0 Å². The minimum atomic E-state index is -0.111. The maximum absolute atomic E-state index is 12.7. The van der Waals surface area contributed by atoms with Gasteiger partial charge in [-0.3, -0.25) is 4.90 Å². The first kappa shape index (κ1) is 16.1. The maximum atomic E-state index is 12.7. The highest BCUT2D eigenvalue weighted by Crippen LogP contribution is 2.15. The largest absolute Gasteiger partial charge is 0.346 e. The summed E-state index contributed by atoms with van der Waals surface area (Å²) in [5.41, 5.74) is 2.71. The number of rotatable bonds is 2. The summed E-state index contributed by atoms with van der Waals surface area (Å²) < 4.78 is 1.39. The molecule has 0 N–H and O–H groups in total. The van der Waals surface area contributed by atoms with Gasteiger partial charge >= 0.3 is 6.03 Å². The third kappa shape index (κ3) is 3.36. The molecule has 0 aliphatic carbocycles. The van der Waals surface area contributed by atoms with Crippen molar-refractivity contribution in [1.82, 2.24) is 24.8 Å². The highest BCUT2D eigenvalue weighted by molar-refractivity contribution is 6.30. The quantitative estimate of drug-likeness (QED) is 0.709. The van der Waals surface area contributed by atoms with E-state index in [0.717, 1.165) is 35.7 Å². The predicted molar refractivity (Wildman–Crippen MR) is 96.6 cm³/mol. The molecule has 7 heteroatoms. The Balaban J connectivity index is 1.39. The van der Waals surface area contributed by atoms with Crippen molar-refractivity contribution < 1.29 is 4.79 Å². The first-order valence-corrected chi connectivity index (χ1v) is 8.65. The molecule has 1 aliphatic rings. The first-order valence-electron chi connectivity index (χ1n) is 8.27. The summed E-state index contributed by atoms with van der Waals surface area (Å²) in [4.78, 5) is 16.9. The van der Waals surface area contributed by atoms with Gasteiger partial charge in [0.05, 0.1) is 5.52 Å². The fraction of sp³-hybridized carbons (Fsp3) is 0.278. The zero-order valence-corrected chi connectivity index (χ0v) is 14.4. The molecular formula is C18H18ClN5O. The molecule has 1 aliphatic heterocycles. The lowest BCUT2D eigenvalue weighted by molar-refractivity contribution is 0.134. The number of benzene rings is 2. The summed E-state index contributed by atoms with van der Waals surface area (Å²) in [6.07, 6.45) is 0. The minimum absolute atomic E-state index is 0.111. The van der Waals surface area contributed by atoms with Crippen LogP contribution in [-0.4, -0.2) is 57.0 Å². The monoisotopic (exact) mass is 355 g/mol. The Hall–Kier alpha value is -2.44. The Morgan fingerprint density at radius 3 is 2.48 bits per heavy atom. The Morgan fingerprint density at radius 1 is 1.00 bits per heavy atom. The van der Waals surface area contributed by atoms with Crippen molar-refractivity contribution in [2.24, 2.45) is 0 Å². The molecule has 6 nitrogen and oxygen atoms in total. The van der Waals surface area contributed by atoms with Gasteiger partial charge in [0.25, 0.3) is 0 Å². The molecule has 0 unspecified atom stereocenters. The first-order chi connectivity index (χ1) is 12.2. The molecule has 1 saturated heterocycles. The summed E-state index contributed by atoms with van der Waals surface area (Å²) in [6, 6.07) is 15.3. The van der Waals surface area contributed by atoms with Gasteiger partial charge in [0, 0.05) is 37.7 Å². The molecule has 25 heavy (non-hydrogen) atoms. The van der Waals surface area contributed by atoms with Crippen molar-refractivity contribution in [3.8, 4) is 0 Å². The second-order valence-corrected chi connectivity index (χ2v) is 6.60. The van der Waals surface area contributed by atoms with Gasteiger partial charge in [0.1, 0.15) is 5.52 Å². The number of para-hydroxylation sites is 1. The van der Waals surface area contributed by atoms with Crippen molar-refractivity contribution in [3.63, 3.8) is 0 Å². The van der Waals surface area contributed by atoms with Gasteiger partial charge in [0.2, 0.25) is 0 Å². The van der Waals surface area contributed by atoms with Crippen LogP contribution in [0.2, 0.25) is 5.02 Å². The molecule has 4 rings (SSSR count). The van der Waals surface area contributed by atoms with E-state index in [-0.39, 0.29) is 6.03 Å². The Morgan fingerprint density at radius 2 is 1.72 bits per heavy atom. The van der Waals surface area contributed by atoms with E-state index in [4.69, 9.17) is 11.6 Å². The number of aromatic nitrogens is 3. The summed E-state index contributed by atoms with van der Waals surface area (Å²) in [5, 5.41) is 8.82. The van der Waals surface area contributed by atoms with E-state index in [2.05, 4.69) is 15.2 Å². The Kier molecular flexibility index (Phi) is 4.38. The number of hydrogen-bond acceptors (Lipinski definition) is 4. The summed E-state index contributed by atoms with van der Waals surface area (Å²) in [6.45, 7) is 3.90.